The van der Waals surface area contributed by atoms with Crippen LogP contribution in [-0.4, -0.2) is 51.9 Å². The number of carbonyl (C=O) groups excluding carboxylic acids is 2. The molecule has 12 heteroatoms. The number of carbonyl (C=O) groups is 2. The molecule has 0 spiro atoms. The topological polar surface area (TPSA) is 170 Å². The van der Waals surface area contributed by atoms with Crippen LogP contribution in [0.5, 0.6) is 0 Å². The van der Waals surface area contributed by atoms with Crippen LogP contribution in [0.2, 0.25) is 0 Å². The molecule has 0 unspecified atom stereocenters. The molecule has 5 heterocycles. The van der Waals surface area contributed by atoms with Crippen LogP contribution in [0.4, 0.5) is 5.82 Å². The maximum absolute atomic E-state index is 13.3. The molecule has 1 aliphatic carbocycles. The largest absolute Gasteiger partial charge is 0.383 e. The standard InChI is InChI=1S/C33H24N10O2/c34-30-24(2-1-9-37-30)31-40-27-8-7-26(28-16-35-10-11-36-28)39-32(27)43(31)22-4-5-23-18(14-22)3-6-25(23)41-33(45)19-12-20-15-38-42-29(20)21(13-19)17-44/h1-2,4-5,7-17,25H,3,6H2,(H2,34,37)(H,38,42)(H,41,45)/t25-/m0/s1. The van der Waals surface area contributed by atoms with E-state index in [1.807, 2.05) is 41.0 Å². The second-order valence-electron chi connectivity index (χ2n) is 10.8. The van der Waals surface area contributed by atoms with Crippen LogP contribution in [0.1, 0.15) is 44.3 Å². The molecule has 0 radical (unpaired) electrons. The third-order valence-electron chi connectivity index (χ3n) is 8.15. The second-order valence-corrected chi connectivity index (χ2v) is 10.8. The Labute approximate surface area is 255 Å². The quantitative estimate of drug-likeness (QED) is 0.233. The van der Waals surface area contributed by atoms with E-state index in [1.54, 1.807) is 43.1 Å². The minimum atomic E-state index is -0.251. The summed E-state index contributed by atoms with van der Waals surface area (Å²) in [4.78, 5) is 47.7. The fourth-order valence-electron chi connectivity index (χ4n) is 6.01. The van der Waals surface area contributed by atoms with E-state index in [0.717, 1.165) is 35.9 Å². The van der Waals surface area contributed by atoms with Gasteiger partial charge in [-0.15, -0.1) is 0 Å². The van der Waals surface area contributed by atoms with Crippen molar-refractivity contribution in [1.29, 1.82) is 0 Å². The number of pyridine rings is 2. The van der Waals surface area contributed by atoms with Crippen LogP contribution in [0.3, 0.4) is 0 Å². The maximum Gasteiger partial charge on any atom is 0.251 e. The van der Waals surface area contributed by atoms with Gasteiger partial charge in [-0.3, -0.25) is 29.2 Å². The molecule has 1 aliphatic rings. The highest BCUT2D eigenvalue weighted by atomic mass is 16.1. The maximum atomic E-state index is 13.3. The van der Waals surface area contributed by atoms with Crippen molar-refractivity contribution in [1.82, 2.24) is 45.0 Å². The zero-order chi connectivity index (χ0) is 30.5. The fraction of sp³-hybridized carbons (Fsp3) is 0.0909. The lowest BCUT2D eigenvalue weighted by Crippen LogP contribution is -2.27. The van der Waals surface area contributed by atoms with E-state index < -0.39 is 0 Å². The molecule has 4 N–H and O–H groups in total. The molecule has 1 amide bonds. The minimum absolute atomic E-state index is 0.185. The minimum Gasteiger partial charge on any atom is -0.383 e. The number of rotatable bonds is 6. The number of nitrogens with two attached hydrogens (primary N) is 1. The van der Waals surface area contributed by atoms with Gasteiger partial charge in [0.25, 0.3) is 5.91 Å². The number of amides is 1. The van der Waals surface area contributed by atoms with Crippen LogP contribution >= 0.6 is 0 Å². The number of H-pyrrole nitrogens is 1. The first-order valence-electron chi connectivity index (χ1n) is 14.3. The van der Waals surface area contributed by atoms with Gasteiger partial charge in [-0.25, -0.2) is 15.0 Å². The summed E-state index contributed by atoms with van der Waals surface area (Å²) in [6, 6.07) is 16.8. The first-order valence-corrected chi connectivity index (χ1v) is 14.3. The number of hydrogen-bond acceptors (Lipinski definition) is 9. The summed E-state index contributed by atoms with van der Waals surface area (Å²) in [5.74, 6) is 0.722. The SMILES string of the molecule is Nc1ncccc1-c1nc2ccc(-c3cnccn3)nc2n1-c1ccc2c(c1)CC[C@@H]2NC(=O)c1cc(C=O)c2[nH]ncc2c1. The molecular formula is C33H24N10O2. The Morgan fingerprint density at radius 3 is 2.78 bits per heavy atom. The smallest absolute Gasteiger partial charge is 0.251 e. The molecule has 8 rings (SSSR count). The highest BCUT2D eigenvalue weighted by molar-refractivity contribution is 6.03. The molecule has 0 saturated heterocycles. The average molecular weight is 593 g/mol. The van der Waals surface area contributed by atoms with Crippen molar-refractivity contribution < 1.29 is 9.59 Å². The number of benzene rings is 2. The van der Waals surface area contributed by atoms with Crippen molar-refractivity contribution in [2.75, 3.05) is 5.73 Å². The number of imidazole rings is 1. The van der Waals surface area contributed by atoms with Gasteiger partial charge in [-0.1, -0.05) is 6.07 Å². The monoisotopic (exact) mass is 592 g/mol. The molecule has 2 aromatic carbocycles. The lowest BCUT2D eigenvalue weighted by atomic mass is 10.0. The number of anilines is 1. The van der Waals surface area contributed by atoms with Gasteiger partial charge in [0.15, 0.2) is 17.8 Å². The van der Waals surface area contributed by atoms with Crippen LogP contribution < -0.4 is 11.1 Å². The predicted octanol–water partition coefficient (Wildman–Crippen LogP) is 4.63. The second kappa shape index (κ2) is 10.5. The number of aryl methyl sites for hydroxylation is 1. The first-order chi connectivity index (χ1) is 22.1. The van der Waals surface area contributed by atoms with Gasteiger partial charge in [-0.05, 0) is 72.5 Å². The number of nitrogens with one attached hydrogen (secondary N) is 2. The molecule has 0 aliphatic heterocycles. The van der Waals surface area contributed by atoms with Gasteiger partial charge in [0, 0.05) is 40.8 Å². The van der Waals surface area contributed by atoms with Gasteiger partial charge in [-0.2, -0.15) is 5.10 Å². The Bertz CT molecular complexity index is 2280. The molecule has 1 atom stereocenters. The third kappa shape index (κ3) is 4.47. The van der Waals surface area contributed by atoms with Gasteiger partial charge >= 0.3 is 0 Å². The molecule has 12 nitrogen and oxygen atoms in total. The Morgan fingerprint density at radius 1 is 1.00 bits per heavy atom. The molecule has 0 saturated carbocycles. The van der Waals surface area contributed by atoms with E-state index in [1.165, 1.54) is 0 Å². The molecule has 45 heavy (non-hydrogen) atoms. The number of nitrogen functional groups attached to an aromatic ring is 1. The number of hydrogen-bond donors (Lipinski definition) is 3. The van der Waals surface area contributed by atoms with Gasteiger partial charge in [0.05, 0.1) is 35.2 Å². The van der Waals surface area contributed by atoms with Gasteiger partial charge < -0.3 is 11.1 Å². The van der Waals surface area contributed by atoms with E-state index in [2.05, 4.69) is 36.5 Å². The van der Waals surface area contributed by atoms with Crippen molar-refractivity contribution >= 4 is 40.1 Å². The zero-order valence-corrected chi connectivity index (χ0v) is 23.7. The number of nitrogens with zero attached hydrogens (tertiary/aromatic N) is 7. The lowest BCUT2D eigenvalue weighted by molar-refractivity contribution is 0.0937. The highest BCUT2D eigenvalue weighted by Crippen LogP contribution is 2.36. The Hall–Kier alpha value is -6.30. The zero-order valence-electron chi connectivity index (χ0n) is 23.7. The third-order valence-corrected chi connectivity index (χ3v) is 8.15. The van der Waals surface area contributed by atoms with Crippen molar-refractivity contribution in [3.8, 4) is 28.5 Å². The van der Waals surface area contributed by atoms with Crippen molar-refractivity contribution in [3.63, 3.8) is 0 Å². The van der Waals surface area contributed by atoms with Crippen molar-refractivity contribution in [2.24, 2.45) is 0 Å². The van der Waals surface area contributed by atoms with Crippen LogP contribution in [0.25, 0.3) is 50.5 Å². The van der Waals surface area contributed by atoms with Gasteiger partial charge in [0.1, 0.15) is 17.0 Å². The normalized spacial score (nSPS) is 14.1. The van der Waals surface area contributed by atoms with Crippen molar-refractivity contribution in [3.05, 3.63) is 108 Å². The van der Waals surface area contributed by atoms with Crippen LogP contribution in [-0.2, 0) is 6.42 Å². The van der Waals surface area contributed by atoms with E-state index in [0.29, 0.717) is 61.8 Å². The first kappa shape index (κ1) is 26.3. The summed E-state index contributed by atoms with van der Waals surface area (Å²) in [5.41, 5.74) is 14.0. The van der Waals surface area contributed by atoms with Gasteiger partial charge in [0.2, 0.25) is 0 Å². The summed E-state index contributed by atoms with van der Waals surface area (Å²) in [5, 5.41) is 10.7. The molecular weight excluding hydrogens is 568 g/mol. The molecule has 218 valence electrons. The van der Waals surface area contributed by atoms with E-state index in [4.69, 9.17) is 15.7 Å². The summed E-state index contributed by atoms with van der Waals surface area (Å²) < 4.78 is 1.98. The average Bonchev–Trinajstić information content (AvgIpc) is 3.81. The van der Waals surface area contributed by atoms with E-state index >= 15 is 0 Å². The number of aromatic amines is 1. The number of aldehydes is 1. The van der Waals surface area contributed by atoms with Crippen molar-refractivity contribution in [2.45, 2.75) is 18.9 Å². The molecule has 5 aromatic heterocycles. The van der Waals surface area contributed by atoms with Crippen LogP contribution in [0, 0.1) is 0 Å². The highest BCUT2D eigenvalue weighted by Gasteiger charge is 2.27. The molecule has 0 bridgehead atoms. The Balaban J connectivity index is 1.18. The number of fused-ring (bicyclic) bond motifs is 3. The Morgan fingerprint density at radius 2 is 1.93 bits per heavy atom. The van der Waals surface area contributed by atoms with E-state index in [9.17, 15) is 9.59 Å². The number of aromatic nitrogens is 8. The summed E-state index contributed by atoms with van der Waals surface area (Å²) >= 11 is 0. The fourth-order valence-corrected chi connectivity index (χ4v) is 6.01. The molecule has 0 fully saturated rings. The summed E-state index contributed by atoms with van der Waals surface area (Å²) in [7, 11) is 0. The summed E-state index contributed by atoms with van der Waals surface area (Å²) in [6.07, 6.45) is 10.4. The van der Waals surface area contributed by atoms with Crippen LogP contribution in [0.15, 0.2) is 85.6 Å². The lowest BCUT2D eigenvalue weighted by Gasteiger charge is -2.16. The summed E-state index contributed by atoms with van der Waals surface area (Å²) in [6.45, 7) is 0. The van der Waals surface area contributed by atoms with E-state index in [-0.39, 0.29) is 11.9 Å². The molecule has 7 aromatic rings. The predicted molar refractivity (Wildman–Crippen MR) is 168 cm³/mol. The Kier molecular flexibility index (Phi) is 6.12.